The van der Waals surface area contributed by atoms with Crippen LogP contribution in [0.15, 0.2) is 18.2 Å². The van der Waals surface area contributed by atoms with Crippen LogP contribution >= 0.6 is 0 Å². The summed E-state index contributed by atoms with van der Waals surface area (Å²) in [6.45, 7) is 1.67. The molecule has 17 heavy (non-hydrogen) atoms. The summed E-state index contributed by atoms with van der Waals surface area (Å²) < 4.78 is 0. The third-order valence-corrected chi connectivity index (χ3v) is 3.20. The number of amides is 1. The summed E-state index contributed by atoms with van der Waals surface area (Å²) in [5, 5.41) is 0. The summed E-state index contributed by atoms with van der Waals surface area (Å²) >= 11 is 0. The molecule has 0 spiro atoms. The predicted molar refractivity (Wildman–Crippen MR) is 69.6 cm³/mol. The van der Waals surface area contributed by atoms with Crippen LogP contribution in [0.25, 0.3) is 0 Å². The highest BCUT2D eigenvalue weighted by molar-refractivity contribution is 5.99. The number of carbonyl (C=O) groups is 1. The van der Waals surface area contributed by atoms with Crippen LogP contribution in [-0.2, 0) is 0 Å². The fourth-order valence-corrected chi connectivity index (χ4v) is 2.22. The van der Waals surface area contributed by atoms with Crippen LogP contribution in [0, 0.1) is 0 Å². The standard InChI is InChI=1S/C13H19N3O/c14-10-5-6-11(12(15)9-10)13(17)16-7-3-1-2-4-8-16/h5-6,9H,1-4,7-8,14-15H2. The van der Waals surface area contributed by atoms with E-state index in [1.54, 1.807) is 18.2 Å². The SMILES string of the molecule is Nc1ccc(C(=O)N2CCCCCC2)c(N)c1. The molecule has 1 aromatic rings. The molecule has 1 amide bonds. The van der Waals surface area contributed by atoms with E-state index in [0.717, 1.165) is 25.9 Å². The number of hydrogen-bond donors (Lipinski definition) is 2. The Bertz CT molecular complexity index is 409. The van der Waals surface area contributed by atoms with E-state index in [4.69, 9.17) is 11.5 Å². The van der Waals surface area contributed by atoms with Gasteiger partial charge in [0.2, 0.25) is 0 Å². The Kier molecular flexibility index (Phi) is 3.52. The van der Waals surface area contributed by atoms with Crippen molar-refractivity contribution in [3.63, 3.8) is 0 Å². The molecule has 4 heteroatoms. The Balaban J connectivity index is 2.17. The smallest absolute Gasteiger partial charge is 0.255 e. The van der Waals surface area contributed by atoms with Gasteiger partial charge in [-0.25, -0.2) is 0 Å². The molecule has 0 saturated carbocycles. The van der Waals surface area contributed by atoms with Gasteiger partial charge in [-0.1, -0.05) is 12.8 Å². The number of benzene rings is 1. The topological polar surface area (TPSA) is 72.4 Å². The van der Waals surface area contributed by atoms with Gasteiger partial charge in [0.25, 0.3) is 5.91 Å². The van der Waals surface area contributed by atoms with Gasteiger partial charge >= 0.3 is 0 Å². The number of carbonyl (C=O) groups excluding carboxylic acids is 1. The maximum atomic E-state index is 12.3. The Morgan fingerprint density at radius 2 is 1.71 bits per heavy atom. The molecule has 1 aliphatic rings. The molecule has 0 bridgehead atoms. The first-order valence-electron chi connectivity index (χ1n) is 6.13. The summed E-state index contributed by atoms with van der Waals surface area (Å²) in [5.74, 6) is 0.0319. The van der Waals surface area contributed by atoms with Crippen LogP contribution in [0.5, 0.6) is 0 Å². The van der Waals surface area contributed by atoms with Crippen molar-refractivity contribution < 1.29 is 4.79 Å². The molecule has 1 saturated heterocycles. The van der Waals surface area contributed by atoms with Crippen molar-refractivity contribution in [1.82, 2.24) is 4.90 Å². The number of nitrogens with two attached hydrogens (primary N) is 2. The van der Waals surface area contributed by atoms with Crippen LogP contribution in [0.2, 0.25) is 0 Å². The van der Waals surface area contributed by atoms with Gasteiger partial charge in [-0.3, -0.25) is 4.79 Å². The average Bonchev–Trinajstić information content (AvgIpc) is 2.56. The minimum atomic E-state index is 0.0319. The van der Waals surface area contributed by atoms with Crippen molar-refractivity contribution in [3.05, 3.63) is 23.8 Å². The van der Waals surface area contributed by atoms with E-state index >= 15 is 0 Å². The van der Waals surface area contributed by atoms with Gasteiger partial charge in [0.15, 0.2) is 0 Å². The zero-order chi connectivity index (χ0) is 12.3. The van der Waals surface area contributed by atoms with Gasteiger partial charge in [-0.2, -0.15) is 0 Å². The van der Waals surface area contributed by atoms with Crippen LogP contribution in [0.1, 0.15) is 36.0 Å². The Labute approximate surface area is 102 Å². The van der Waals surface area contributed by atoms with Crippen LogP contribution in [-0.4, -0.2) is 23.9 Å². The van der Waals surface area contributed by atoms with Gasteiger partial charge in [0, 0.05) is 24.5 Å². The molecule has 1 heterocycles. The van der Waals surface area contributed by atoms with Crippen molar-refractivity contribution >= 4 is 17.3 Å². The van der Waals surface area contributed by atoms with E-state index in [9.17, 15) is 4.79 Å². The molecular weight excluding hydrogens is 214 g/mol. The zero-order valence-electron chi connectivity index (χ0n) is 9.98. The minimum Gasteiger partial charge on any atom is -0.399 e. The van der Waals surface area contributed by atoms with E-state index in [-0.39, 0.29) is 5.91 Å². The highest BCUT2D eigenvalue weighted by atomic mass is 16.2. The molecule has 0 aliphatic carbocycles. The lowest BCUT2D eigenvalue weighted by Gasteiger charge is -2.21. The molecule has 1 aliphatic heterocycles. The fraction of sp³-hybridized carbons (Fsp3) is 0.462. The highest BCUT2D eigenvalue weighted by Gasteiger charge is 2.19. The van der Waals surface area contributed by atoms with Gasteiger partial charge in [0.05, 0.1) is 5.56 Å². The molecule has 4 N–H and O–H groups in total. The largest absolute Gasteiger partial charge is 0.399 e. The monoisotopic (exact) mass is 233 g/mol. The van der Waals surface area contributed by atoms with Gasteiger partial charge < -0.3 is 16.4 Å². The first kappa shape index (κ1) is 11.8. The molecular formula is C13H19N3O. The number of anilines is 2. The van der Waals surface area contributed by atoms with Crippen molar-refractivity contribution in [2.45, 2.75) is 25.7 Å². The van der Waals surface area contributed by atoms with Gasteiger partial charge in [-0.05, 0) is 31.0 Å². The number of rotatable bonds is 1. The van der Waals surface area contributed by atoms with E-state index in [2.05, 4.69) is 0 Å². The molecule has 1 fully saturated rings. The average molecular weight is 233 g/mol. The third kappa shape index (κ3) is 2.70. The summed E-state index contributed by atoms with van der Waals surface area (Å²) in [6.07, 6.45) is 4.59. The van der Waals surface area contributed by atoms with Crippen molar-refractivity contribution in [2.75, 3.05) is 24.6 Å². The first-order chi connectivity index (χ1) is 8.18. The summed E-state index contributed by atoms with van der Waals surface area (Å²) in [6, 6.07) is 5.09. The molecule has 0 unspecified atom stereocenters. The van der Waals surface area contributed by atoms with Crippen molar-refractivity contribution in [2.24, 2.45) is 0 Å². The van der Waals surface area contributed by atoms with E-state index < -0.39 is 0 Å². The summed E-state index contributed by atoms with van der Waals surface area (Å²) in [7, 11) is 0. The number of nitrogens with zero attached hydrogens (tertiary/aromatic N) is 1. The van der Waals surface area contributed by atoms with E-state index in [1.165, 1.54) is 12.8 Å². The van der Waals surface area contributed by atoms with Gasteiger partial charge in [0.1, 0.15) is 0 Å². The van der Waals surface area contributed by atoms with E-state index in [0.29, 0.717) is 16.9 Å². The summed E-state index contributed by atoms with van der Waals surface area (Å²) in [4.78, 5) is 14.2. The first-order valence-corrected chi connectivity index (χ1v) is 6.13. The lowest BCUT2D eigenvalue weighted by molar-refractivity contribution is 0.0763. The Morgan fingerprint density at radius 1 is 1.06 bits per heavy atom. The van der Waals surface area contributed by atoms with Gasteiger partial charge in [-0.15, -0.1) is 0 Å². The van der Waals surface area contributed by atoms with Crippen molar-refractivity contribution in [3.8, 4) is 0 Å². The predicted octanol–water partition coefficient (Wildman–Crippen LogP) is 1.87. The Morgan fingerprint density at radius 3 is 2.29 bits per heavy atom. The lowest BCUT2D eigenvalue weighted by atomic mass is 10.1. The minimum absolute atomic E-state index is 0.0319. The van der Waals surface area contributed by atoms with Crippen LogP contribution in [0.3, 0.4) is 0 Å². The molecule has 92 valence electrons. The second-order valence-corrected chi connectivity index (χ2v) is 4.55. The normalized spacial score (nSPS) is 16.6. The second-order valence-electron chi connectivity index (χ2n) is 4.55. The van der Waals surface area contributed by atoms with Crippen molar-refractivity contribution in [1.29, 1.82) is 0 Å². The van der Waals surface area contributed by atoms with E-state index in [1.807, 2.05) is 4.90 Å². The van der Waals surface area contributed by atoms with Crippen LogP contribution < -0.4 is 11.5 Å². The third-order valence-electron chi connectivity index (χ3n) is 3.20. The fourth-order valence-electron chi connectivity index (χ4n) is 2.22. The molecule has 1 aromatic carbocycles. The maximum absolute atomic E-state index is 12.3. The number of nitrogen functional groups attached to an aromatic ring is 2. The quantitative estimate of drug-likeness (QED) is 0.727. The lowest BCUT2D eigenvalue weighted by Crippen LogP contribution is -2.32. The zero-order valence-corrected chi connectivity index (χ0v) is 9.98. The summed E-state index contributed by atoms with van der Waals surface area (Å²) in [5.41, 5.74) is 13.1. The number of likely N-dealkylation sites (tertiary alicyclic amines) is 1. The molecule has 0 atom stereocenters. The Hall–Kier alpha value is -1.71. The molecule has 0 radical (unpaired) electrons. The molecule has 2 rings (SSSR count). The van der Waals surface area contributed by atoms with Crippen LogP contribution in [0.4, 0.5) is 11.4 Å². The number of hydrogen-bond acceptors (Lipinski definition) is 3. The molecule has 0 aromatic heterocycles. The maximum Gasteiger partial charge on any atom is 0.255 e. The molecule has 4 nitrogen and oxygen atoms in total. The highest BCUT2D eigenvalue weighted by Crippen LogP contribution is 2.19. The second kappa shape index (κ2) is 5.08.